The lowest BCUT2D eigenvalue weighted by molar-refractivity contribution is 0.503. The number of nitrogens with one attached hydrogen (secondary N) is 1. The molecule has 2 rings (SSSR count). The van der Waals surface area contributed by atoms with Gasteiger partial charge < -0.3 is 5.32 Å². The Bertz CT molecular complexity index is 535. The minimum Gasteiger partial charge on any atom is -0.305 e. The number of aryl methyl sites for hydroxylation is 2. The van der Waals surface area contributed by atoms with Crippen molar-refractivity contribution in [2.24, 2.45) is 0 Å². The minimum absolute atomic E-state index is 0.101. The van der Waals surface area contributed by atoms with E-state index in [0.29, 0.717) is 0 Å². The zero-order valence-corrected chi connectivity index (χ0v) is 12.5. The minimum atomic E-state index is 0.101. The van der Waals surface area contributed by atoms with Crippen molar-refractivity contribution in [3.63, 3.8) is 0 Å². The monoisotopic (exact) mass is 273 g/mol. The molecule has 0 aromatic carbocycles. The summed E-state index contributed by atoms with van der Waals surface area (Å²) in [7, 11) is 0. The predicted octanol–water partition coefficient (Wildman–Crippen LogP) is 2.48. The SMILES string of the molecule is CCCNC(c1cncc(C)c1)c1cnnn1CCC. The first kappa shape index (κ1) is 14.7. The molecule has 2 aromatic rings. The summed E-state index contributed by atoms with van der Waals surface area (Å²) < 4.78 is 1.98. The molecule has 0 amide bonds. The fraction of sp³-hybridized carbons (Fsp3) is 0.533. The van der Waals surface area contributed by atoms with Gasteiger partial charge in [0.2, 0.25) is 0 Å². The van der Waals surface area contributed by atoms with Crippen LogP contribution in [0.1, 0.15) is 49.6 Å². The highest BCUT2D eigenvalue weighted by Crippen LogP contribution is 2.21. The molecule has 5 heteroatoms. The fourth-order valence-corrected chi connectivity index (χ4v) is 2.29. The van der Waals surface area contributed by atoms with Gasteiger partial charge in [-0.15, -0.1) is 5.10 Å². The topological polar surface area (TPSA) is 55.6 Å². The summed E-state index contributed by atoms with van der Waals surface area (Å²) in [5.74, 6) is 0. The van der Waals surface area contributed by atoms with Crippen molar-refractivity contribution in [3.05, 3.63) is 41.5 Å². The van der Waals surface area contributed by atoms with Crippen molar-refractivity contribution in [3.8, 4) is 0 Å². The lowest BCUT2D eigenvalue weighted by Gasteiger charge is -2.19. The standard InChI is InChI=1S/C15H23N5/c1-4-6-17-15(13-8-12(3)9-16-10-13)14-11-18-19-20(14)7-5-2/h8-11,15,17H,4-7H2,1-3H3. The quantitative estimate of drug-likeness (QED) is 0.842. The molecule has 0 spiro atoms. The van der Waals surface area contributed by atoms with Gasteiger partial charge in [-0.2, -0.15) is 0 Å². The van der Waals surface area contributed by atoms with E-state index in [9.17, 15) is 0 Å². The van der Waals surface area contributed by atoms with E-state index in [1.165, 1.54) is 5.56 Å². The van der Waals surface area contributed by atoms with Gasteiger partial charge in [-0.1, -0.05) is 25.1 Å². The van der Waals surface area contributed by atoms with Gasteiger partial charge in [-0.25, -0.2) is 4.68 Å². The van der Waals surface area contributed by atoms with Crippen LogP contribution >= 0.6 is 0 Å². The highest BCUT2D eigenvalue weighted by atomic mass is 15.4. The molecule has 2 aromatic heterocycles. The number of nitrogens with zero attached hydrogens (tertiary/aromatic N) is 4. The summed E-state index contributed by atoms with van der Waals surface area (Å²) in [6, 6.07) is 2.27. The maximum absolute atomic E-state index is 4.31. The zero-order valence-electron chi connectivity index (χ0n) is 12.5. The summed E-state index contributed by atoms with van der Waals surface area (Å²) in [5, 5.41) is 11.8. The van der Waals surface area contributed by atoms with Crippen LogP contribution < -0.4 is 5.32 Å². The molecule has 1 unspecified atom stereocenters. The van der Waals surface area contributed by atoms with Gasteiger partial charge in [0.05, 0.1) is 17.9 Å². The predicted molar refractivity (Wildman–Crippen MR) is 79.4 cm³/mol. The lowest BCUT2D eigenvalue weighted by atomic mass is 10.0. The Morgan fingerprint density at radius 3 is 2.75 bits per heavy atom. The van der Waals surface area contributed by atoms with E-state index in [4.69, 9.17) is 0 Å². The van der Waals surface area contributed by atoms with Crippen LogP contribution in [-0.4, -0.2) is 26.5 Å². The molecule has 0 saturated carbocycles. The second-order valence-corrected chi connectivity index (χ2v) is 5.06. The average molecular weight is 273 g/mol. The lowest BCUT2D eigenvalue weighted by Crippen LogP contribution is -2.26. The Morgan fingerprint density at radius 2 is 2.05 bits per heavy atom. The van der Waals surface area contributed by atoms with Crippen molar-refractivity contribution >= 4 is 0 Å². The summed E-state index contributed by atoms with van der Waals surface area (Å²) in [5.41, 5.74) is 3.44. The van der Waals surface area contributed by atoms with Gasteiger partial charge in [0.1, 0.15) is 0 Å². The third-order valence-electron chi connectivity index (χ3n) is 3.21. The molecular formula is C15H23N5. The van der Waals surface area contributed by atoms with Crippen LogP contribution in [0.2, 0.25) is 0 Å². The van der Waals surface area contributed by atoms with Crippen LogP contribution in [-0.2, 0) is 6.54 Å². The Balaban J connectivity index is 2.33. The largest absolute Gasteiger partial charge is 0.305 e. The Kier molecular flexibility index (Phi) is 5.24. The smallest absolute Gasteiger partial charge is 0.0802 e. The Morgan fingerprint density at radius 1 is 1.20 bits per heavy atom. The molecule has 0 aliphatic rings. The van der Waals surface area contributed by atoms with Gasteiger partial charge in [-0.3, -0.25) is 4.98 Å². The van der Waals surface area contributed by atoms with Crippen molar-refractivity contribution in [1.82, 2.24) is 25.3 Å². The number of hydrogen-bond donors (Lipinski definition) is 1. The molecule has 0 aliphatic heterocycles. The number of pyridine rings is 1. The number of aromatic nitrogens is 4. The first-order valence-corrected chi connectivity index (χ1v) is 7.29. The zero-order chi connectivity index (χ0) is 14.4. The third-order valence-corrected chi connectivity index (χ3v) is 3.21. The normalized spacial score (nSPS) is 12.6. The van der Waals surface area contributed by atoms with Crippen LogP contribution in [0.15, 0.2) is 24.7 Å². The highest BCUT2D eigenvalue weighted by Gasteiger charge is 2.18. The molecule has 5 nitrogen and oxygen atoms in total. The van der Waals surface area contributed by atoms with Crippen LogP contribution in [0.4, 0.5) is 0 Å². The van der Waals surface area contributed by atoms with Gasteiger partial charge in [0.15, 0.2) is 0 Å². The van der Waals surface area contributed by atoms with Crippen LogP contribution in [0.5, 0.6) is 0 Å². The Labute approximate surface area is 120 Å². The van der Waals surface area contributed by atoms with Crippen molar-refractivity contribution in [2.45, 2.75) is 46.2 Å². The van der Waals surface area contributed by atoms with Gasteiger partial charge >= 0.3 is 0 Å². The second kappa shape index (κ2) is 7.14. The van der Waals surface area contributed by atoms with Gasteiger partial charge in [0.25, 0.3) is 0 Å². The first-order valence-electron chi connectivity index (χ1n) is 7.29. The van der Waals surface area contributed by atoms with E-state index >= 15 is 0 Å². The molecule has 0 radical (unpaired) electrons. The number of hydrogen-bond acceptors (Lipinski definition) is 4. The van der Waals surface area contributed by atoms with Gasteiger partial charge in [-0.05, 0) is 37.4 Å². The van der Waals surface area contributed by atoms with Crippen LogP contribution in [0.3, 0.4) is 0 Å². The summed E-state index contributed by atoms with van der Waals surface area (Å²) in [6.45, 7) is 8.22. The highest BCUT2D eigenvalue weighted by molar-refractivity contribution is 5.27. The van der Waals surface area contributed by atoms with E-state index in [0.717, 1.165) is 37.2 Å². The van der Waals surface area contributed by atoms with Crippen LogP contribution in [0, 0.1) is 6.92 Å². The maximum Gasteiger partial charge on any atom is 0.0802 e. The fourth-order valence-electron chi connectivity index (χ4n) is 2.29. The molecule has 0 aliphatic carbocycles. The van der Waals surface area contributed by atoms with E-state index in [1.54, 1.807) is 0 Å². The van der Waals surface area contributed by atoms with E-state index in [1.807, 2.05) is 23.3 Å². The van der Waals surface area contributed by atoms with Crippen molar-refractivity contribution < 1.29 is 0 Å². The van der Waals surface area contributed by atoms with E-state index < -0.39 is 0 Å². The third kappa shape index (κ3) is 3.42. The molecule has 20 heavy (non-hydrogen) atoms. The molecule has 2 heterocycles. The van der Waals surface area contributed by atoms with Crippen molar-refractivity contribution in [1.29, 1.82) is 0 Å². The summed E-state index contributed by atoms with van der Waals surface area (Å²) in [4.78, 5) is 4.31. The van der Waals surface area contributed by atoms with E-state index in [2.05, 4.69) is 47.5 Å². The Hall–Kier alpha value is -1.75. The molecule has 0 fully saturated rings. The van der Waals surface area contributed by atoms with E-state index in [-0.39, 0.29) is 6.04 Å². The molecule has 1 N–H and O–H groups in total. The van der Waals surface area contributed by atoms with Crippen LogP contribution in [0.25, 0.3) is 0 Å². The summed E-state index contributed by atoms with van der Waals surface area (Å²) in [6.07, 6.45) is 7.78. The molecular weight excluding hydrogens is 250 g/mol. The molecule has 1 atom stereocenters. The summed E-state index contributed by atoms with van der Waals surface area (Å²) >= 11 is 0. The average Bonchev–Trinajstić information content (AvgIpc) is 2.88. The molecule has 0 bridgehead atoms. The second-order valence-electron chi connectivity index (χ2n) is 5.06. The maximum atomic E-state index is 4.31. The molecule has 108 valence electrons. The van der Waals surface area contributed by atoms with Crippen molar-refractivity contribution in [2.75, 3.05) is 6.54 Å². The van der Waals surface area contributed by atoms with Gasteiger partial charge in [0, 0.05) is 18.9 Å². The molecule has 0 saturated heterocycles. The number of rotatable bonds is 7. The first-order chi connectivity index (χ1) is 9.76.